The molecule has 0 fully saturated rings. The third-order valence-corrected chi connectivity index (χ3v) is 5.02. The van der Waals surface area contributed by atoms with Crippen molar-refractivity contribution < 1.29 is 14.6 Å². The number of aliphatic imine (C=N–C) groups is 1. The first-order chi connectivity index (χ1) is 15.1. The summed E-state index contributed by atoms with van der Waals surface area (Å²) in [5.41, 5.74) is 3.25. The molecule has 0 aliphatic carbocycles. The maximum atomic E-state index is 9.57. The van der Waals surface area contributed by atoms with Gasteiger partial charge in [0.1, 0.15) is 17.2 Å². The van der Waals surface area contributed by atoms with E-state index in [1.54, 1.807) is 26.4 Å². The Kier molecular flexibility index (Phi) is 10.5. The summed E-state index contributed by atoms with van der Waals surface area (Å²) in [6, 6.07) is 13.4. The van der Waals surface area contributed by atoms with Crippen LogP contribution in [0.25, 0.3) is 10.9 Å². The number of aromatic hydroxyl groups is 1. The highest BCUT2D eigenvalue weighted by molar-refractivity contribution is 14.0. The average Bonchev–Trinajstić information content (AvgIpc) is 3.18. The molecule has 2 aromatic carbocycles. The van der Waals surface area contributed by atoms with Gasteiger partial charge in [0.05, 0.1) is 19.7 Å². The van der Waals surface area contributed by atoms with Gasteiger partial charge in [0.2, 0.25) is 0 Å². The zero-order valence-electron chi connectivity index (χ0n) is 18.9. The van der Waals surface area contributed by atoms with E-state index < -0.39 is 0 Å². The highest BCUT2D eigenvalue weighted by Crippen LogP contribution is 2.31. The highest BCUT2D eigenvalue weighted by atomic mass is 127. The molecular formula is C24H33IN4O3. The fourth-order valence-electron chi connectivity index (χ4n) is 3.50. The van der Waals surface area contributed by atoms with E-state index in [9.17, 15) is 5.11 Å². The molecule has 4 N–H and O–H groups in total. The van der Waals surface area contributed by atoms with E-state index in [0.717, 1.165) is 78.5 Å². The molecule has 0 aliphatic heterocycles. The van der Waals surface area contributed by atoms with Crippen LogP contribution in [0.2, 0.25) is 0 Å². The summed E-state index contributed by atoms with van der Waals surface area (Å²) >= 11 is 0. The molecule has 0 unspecified atom stereocenters. The molecule has 174 valence electrons. The number of nitrogens with one attached hydrogen (secondary N) is 3. The van der Waals surface area contributed by atoms with Crippen LogP contribution in [0, 0.1) is 0 Å². The van der Waals surface area contributed by atoms with Crippen LogP contribution in [-0.2, 0) is 12.8 Å². The third-order valence-electron chi connectivity index (χ3n) is 5.02. The van der Waals surface area contributed by atoms with Gasteiger partial charge in [-0.2, -0.15) is 0 Å². The van der Waals surface area contributed by atoms with Crippen molar-refractivity contribution in [2.75, 3.05) is 33.9 Å². The molecule has 3 rings (SSSR count). The Hall–Kier alpha value is -2.62. The number of phenolic OH excluding ortho intramolecular Hbond substituents is 1. The van der Waals surface area contributed by atoms with E-state index in [0.29, 0.717) is 5.75 Å². The van der Waals surface area contributed by atoms with Gasteiger partial charge in [0.25, 0.3) is 0 Å². The minimum absolute atomic E-state index is 0. The van der Waals surface area contributed by atoms with Crippen LogP contribution < -0.4 is 20.1 Å². The largest absolute Gasteiger partial charge is 0.508 e. The van der Waals surface area contributed by atoms with Gasteiger partial charge < -0.3 is 30.2 Å². The first-order valence-electron chi connectivity index (χ1n) is 10.7. The van der Waals surface area contributed by atoms with Crippen molar-refractivity contribution in [3.63, 3.8) is 0 Å². The maximum Gasteiger partial charge on any atom is 0.191 e. The lowest BCUT2D eigenvalue weighted by atomic mass is 10.1. The second kappa shape index (κ2) is 13.0. The Morgan fingerprint density at radius 1 is 1.06 bits per heavy atom. The Morgan fingerprint density at radius 3 is 2.62 bits per heavy atom. The monoisotopic (exact) mass is 552 g/mol. The molecule has 0 atom stereocenters. The zero-order valence-corrected chi connectivity index (χ0v) is 21.2. The third kappa shape index (κ3) is 7.22. The second-order valence-electron chi connectivity index (χ2n) is 7.30. The molecule has 8 heteroatoms. The summed E-state index contributed by atoms with van der Waals surface area (Å²) in [6.07, 6.45) is 2.64. The van der Waals surface area contributed by atoms with Gasteiger partial charge in [-0.3, -0.25) is 4.99 Å². The fourth-order valence-corrected chi connectivity index (χ4v) is 3.50. The number of fused-ring (bicyclic) bond motifs is 1. The molecule has 0 spiro atoms. The summed E-state index contributed by atoms with van der Waals surface area (Å²) in [7, 11) is 3.33. The summed E-state index contributed by atoms with van der Waals surface area (Å²) < 4.78 is 10.8. The second-order valence-corrected chi connectivity index (χ2v) is 7.30. The molecule has 0 amide bonds. The van der Waals surface area contributed by atoms with Gasteiger partial charge in [0, 0.05) is 42.8 Å². The fraction of sp³-hybridized carbons (Fsp3) is 0.375. The predicted octanol–water partition coefficient (Wildman–Crippen LogP) is 4.24. The number of phenols is 1. The van der Waals surface area contributed by atoms with Crippen LogP contribution in [0.3, 0.4) is 0 Å². The summed E-state index contributed by atoms with van der Waals surface area (Å²) in [5, 5.41) is 17.3. The van der Waals surface area contributed by atoms with Gasteiger partial charge in [-0.15, -0.1) is 24.0 Å². The number of aromatic amines is 1. The number of hydrogen-bond donors (Lipinski definition) is 4. The number of rotatable bonds is 10. The van der Waals surface area contributed by atoms with Gasteiger partial charge in [-0.05, 0) is 49.9 Å². The summed E-state index contributed by atoms with van der Waals surface area (Å²) in [5.74, 6) is 2.69. The molecule has 0 saturated carbocycles. The number of ether oxygens (including phenoxy) is 2. The maximum absolute atomic E-state index is 9.57. The van der Waals surface area contributed by atoms with Crippen molar-refractivity contribution in [1.29, 1.82) is 0 Å². The predicted molar refractivity (Wildman–Crippen MR) is 141 cm³/mol. The van der Waals surface area contributed by atoms with Crippen LogP contribution in [0.15, 0.2) is 47.5 Å². The minimum Gasteiger partial charge on any atom is -0.508 e. The lowest BCUT2D eigenvalue weighted by molar-refractivity contribution is 0.398. The van der Waals surface area contributed by atoms with Crippen molar-refractivity contribution in [2.45, 2.75) is 26.2 Å². The Morgan fingerprint density at radius 2 is 1.91 bits per heavy atom. The highest BCUT2D eigenvalue weighted by Gasteiger charge is 2.09. The molecule has 32 heavy (non-hydrogen) atoms. The average molecular weight is 552 g/mol. The van der Waals surface area contributed by atoms with Crippen LogP contribution in [0.5, 0.6) is 17.2 Å². The summed E-state index contributed by atoms with van der Waals surface area (Å²) in [6.45, 7) is 4.33. The number of nitrogens with zero attached hydrogens (tertiary/aromatic N) is 1. The van der Waals surface area contributed by atoms with Crippen molar-refractivity contribution in [3.05, 3.63) is 53.7 Å². The normalized spacial score (nSPS) is 11.2. The van der Waals surface area contributed by atoms with E-state index in [-0.39, 0.29) is 24.0 Å². The van der Waals surface area contributed by atoms with Crippen LogP contribution in [0.4, 0.5) is 0 Å². The molecule has 0 aliphatic rings. The molecule has 7 nitrogen and oxygen atoms in total. The van der Waals surface area contributed by atoms with Crippen molar-refractivity contribution >= 4 is 40.8 Å². The quantitative estimate of drug-likeness (QED) is 0.131. The van der Waals surface area contributed by atoms with Gasteiger partial charge in [-0.25, -0.2) is 0 Å². The lowest BCUT2D eigenvalue weighted by Gasteiger charge is -2.11. The lowest BCUT2D eigenvalue weighted by Crippen LogP contribution is -2.38. The standard InChI is InChI=1S/C24H32N4O3.HI/c1-4-25-24(27-12-10-17-7-5-9-19(29)13-17)26-11-6-8-18-14-21-22(28-18)15-20(30-2)16-23(21)31-3;/h5,7,9,13-16,28-29H,4,6,8,10-12H2,1-3H3,(H2,25,26,27);1H. The van der Waals surface area contributed by atoms with Crippen molar-refractivity contribution in [3.8, 4) is 17.2 Å². The number of aryl methyl sites for hydroxylation is 1. The Balaban J connectivity index is 0.00000363. The molecule has 0 radical (unpaired) electrons. The molecule has 0 bridgehead atoms. The Bertz CT molecular complexity index is 1020. The number of benzene rings is 2. The summed E-state index contributed by atoms with van der Waals surface area (Å²) in [4.78, 5) is 8.13. The number of methoxy groups -OCH3 is 2. The molecule has 1 heterocycles. The van der Waals surface area contributed by atoms with E-state index in [2.05, 4.69) is 33.6 Å². The number of guanidine groups is 1. The van der Waals surface area contributed by atoms with E-state index in [1.807, 2.05) is 24.3 Å². The number of halogens is 1. The number of hydrogen-bond acceptors (Lipinski definition) is 4. The first kappa shape index (κ1) is 25.6. The molecule has 3 aromatic rings. The van der Waals surface area contributed by atoms with Crippen molar-refractivity contribution in [1.82, 2.24) is 15.6 Å². The first-order valence-corrected chi connectivity index (χ1v) is 10.7. The van der Waals surface area contributed by atoms with Crippen LogP contribution in [-0.4, -0.2) is 49.9 Å². The Labute approximate surface area is 206 Å². The molecular weight excluding hydrogens is 519 g/mol. The smallest absolute Gasteiger partial charge is 0.191 e. The van der Waals surface area contributed by atoms with E-state index in [1.165, 1.54) is 0 Å². The number of aromatic nitrogens is 1. The van der Waals surface area contributed by atoms with E-state index in [4.69, 9.17) is 9.47 Å². The zero-order chi connectivity index (χ0) is 22.1. The molecule has 0 saturated heterocycles. The van der Waals surface area contributed by atoms with Crippen LogP contribution >= 0.6 is 24.0 Å². The minimum atomic E-state index is 0. The van der Waals surface area contributed by atoms with E-state index >= 15 is 0 Å². The van der Waals surface area contributed by atoms with Crippen molar-refractivity contribution in [2.24, 2.45) is 4.99 Å². The van der Waals surface area contributed by atoms with Gasteiger partial charge in [0.15, 0.2) is 5.96 Å². The SMILES string of the molecule is CCNC(=NCCCc1cc2c(OC)cc(OC)cc2[nH]1)NCCc1cccc(O)c1.I. The molecule has 1 aromatic heterocycles. The van der Waals surface area contributed by atoms with Gasteiger partial charge in [-0.1, -0.05) is 12.1 Å². The van der Waals surface area contributed by atoms with Gasteiger partial charge >= 0.3 is 0 Å². The number of H-pyrrole nitrogens is 1. The van der Waals surface area contributed by atoms with Crippen LogP contribution in [0.1, 0.15) is 24.6 Å². The topological polar surface area (TPSA) is 90.9 Å².